The van der Waals surface area contributed by atoms with Gasteiger partial charge in [0.15, 0.2) is 0 Å². The molecule has 3 aromatic rings. The standard InChI is InChI=1S/C21H21NO3/c22-21(24)25-13-12-19(20(23)16-7-2-1-3-8-16)18-11-10-15-6-4-5-9-17(15)14-18/h1-11,14,19-20,23H,12-13H2,(H2,22,24)/t19-,20+/m1/s1. The van der Waals surface area contributed by atoms with Crippen LogP contribution in [0.15, 0.2) is 72.8 Å². The molecule has 0 saturated heterocycles. The fourth-order valence-corrected chi connectivity index (χ4v) is 3.11. The molecule has 0 fully saturated rings. The van der Waals surface area contributed by atoms with Crippen molar-refractivity contribution in [3.8, 4) is 0 Å². The van der Waals surface area contributed by atoms with Crippen LogP contribution in [-0.2, 0) is 4.74 Å². The highest BCUT2D eigenvalue weighted by molar-refractivity contribution is 5.83. The molecule has 0 bridgehead atoms. The van der Waals surface area contributed by atoms with Crippen LogP contribution in [0.5, 0.6) is 0 Å². The van der Waals surface area contributed by atoms with Gasteiger partial charge in [0.1, 0.15) is 0 Å². The van der Waals surface area contributed by atoms with Crippen molar-refractivity contribution in [3.63, 3.8) is 0 Å². The number of hydrogen-bond acceptors (Lipinski definition) is 3. The maximum absolute atomic E-state index is 10.9. The molecule has 0 saturated carbocycles. The molecule has 0 aromatic heterocycles. The Labute approximate surface area is 146 Å². The lowest BCUT2D eigenvalue weighted by molar-refractivity contribution is 0.113. The van der Waals surface area contributed by atoms with Crippen molar-refractivity contribution in [2.75, 3.05) is 6.61 Å². The van der Waals surface area contributed by atoms with Crippen molar-refractivity contribution in [2.24, 2.45) is 5.73 Å². The number of benzene rings is 3. The minimum absolute atomic E-state index is 0.163. The third-order valence-corrected chi connectivity index (χ3v) is 4.40. The highest BCUT2D eigenvalue weighted by Crippen LogP contribution is 2.35. The summed E-state index contributed by atoms with van der Waals surface area (Å²) in [7, 11) is 0. The van der Waals surface area contributed by atoms with Crippen molar-refractivity contribution in [2.45, 2.75) is 18.4 Å². The number of aliphatic hydroxyl groups is 1. The predicted molar refractivity (Wildman–Crippen MR) is 98.2 cm³/mol. The molecule has 3 N–H and O–H groups in total. The Balaban J connectivity index is 1.92. The minimum atomic E-state index is -0.800. The van der Waals surface area contributed by atoms with Crippen molar-refractivity contribution < 1.29 is 14.6 Å². The number of nitrogens with two attached hydrogens (primary N) is 1. The van der Waals surface area contributed by atoms with Crippen molar-refractivity contribution in [1.82, 2.24) is 0 Å². The molecule has 1 amide bonds. The Morgan fingerprint density at radius 2 is 1.60 bits per heavy atom. The monoisotopic (exact) mass is 335 g/mol. The number of hydrogen-bond donors (Lipinski definition) is 2. The van der Waals surface area contributed by atoms with E-state index in [1.54, 1.807) is 0 Å². The van der Waals surface area contributed by atoms with E-state index in [1.807, 2.05) is 60.7 Å². The SMILES string of the molecule is NC(=O)OCC[C@H](c1ccc2ccccc2c1)[C@@H](O)c1ccccc1. The van der Waals surface area contributed by atoms with Crippen molar-refractivity contribution in [3.05, 3.63) is 83.9 Å². The molecular weight excluding hydrogens is 314 g/mol. The normalized spacial score (nSPS) is 13.3. The number of aliphatic hydroxyl groups excluding tert-OH is 1. The fraction of sp³-hybridized carbons (Fsp3) is 0.190. The van der Waals surface area contributed by atoms with Crippen LogP contribution in [0.1, 0.15) is 29.6 Å². The van der Waals surface area contributed by atoms with E-state index in [-0.39, 0.29) is 12.5 Å². The van der Waals surface area contributed by atoms with Crippen LogP contribution >= 0.6 is 0 Å². The fourth-order valence-electron chi connectivity index (χ4n) is 3.11. The third-order valence-electron chi connectivity index (χ3n) is 4.40. The zero-order valence-corrected chi connectivity index (χ0v) is 13.8. The van der Waals surface area contributed by atoms with Gasteiger partial charge in [-0.2, -0.15) is 0 Å². The van der Waals surface area contributed by atoms with Gasteiger partial charge in [-0.25, -0.2) is 4.79 Å². The van der Waals surface area contributed by atoms with E-state index in [0.717, 1.165) is 21.9 Å². The highest BCUT2D eigenvalue weighted by Gasteiger charge is 2.23. The summed E-state index contributed by atoms with van der Waals surface area (Å²) >= 11 is 0. The molecule has 0 heterocycles. The van der Waals surface area contributed by atoms with Gasteiger partial charge in [-0.05, 0) is 28.3 Å². The second-order valence-electron chi connectivity index (χ2n) is 6.02. The van der Waals surface area contributed by atoms with E-state index >= 15 is 0 Å². The van der Waals surface area contributed by atoms with Crippen LogP contribution < -0.4 is 5.73 Å². The quantitative estimate of drug-likeness (QED) is 0.711. The van der Waals surface area contributed by atoms with Gasteiger partial charge < -0.3 is 15.6 Å². The van der Waals surface area contributed by atoms with Crippen LogP contribution in [-0.4, -0.2) is 17.8 Å². The Bertz CT molecular complexity index is 848. The van der Waals surface area contributed by atoms with Crippen molar-refractivity contribution >= 4 is 16.9 Å². The van der Waals surface area contributed by atoms with Crippen LogP contribution in [0.25, 0.3) is 10.8 Å². The number of carbonyl (C=O) groups excluding carboxylic acids is 1. The van der Waals surface area contributed by atoms with Crippen LogP contribution in [0.2, 0.25) is 0 Å². The molecule has 128 valence electrons. The number of rotatable bonds is 6. The van der Waals surface area contributed by atoms with Gasteiger partial charge in [0.05, 0.1) is 12.7 Å². The third kappa shape index (κ3) is 4.17. The number of ether oxygens (including phenoxy) is 1. The van der Waals surface area contributed by atoms with Crippen LogP contribution in [0.4, 0.5) is 4.79 Å². The summed E-state index contributed by atoms with van der Waals surface area (Å²) in [4.78, 5) is 10.9. The van der Waals surface area contributed by atoms with E-state index in [1.165, 1.54) is 0 Å². The van der Waals surface area contributed by atoms with Crippen LogP contribution in [0.3, 0.4) is 0 Å². The highest BCUT2D eigenvalue weighted by atomic mass is 16.5. The zero-order chi connectivity index (χ0) is 17.6. The first-order valence-electron chi connectivity index (χ1n) is 8.29. The number of carbonyl (C=O) groups is 1. The molecule has 0 aliphatic heterocycles. The molecule has 3 rings (SSSR count). The lowest BCUT2D eigenvalue weighted by atomic mass is 9.86. The van der Waals surface area contributed by atoms with Crippen LogP contribution in [0, 0.1) is 0 Å². The summed E-state index contributed by atoms with van der Waals surface area (Å²) < 4.78 is 4.90. The van der Waals surface area contributed by atoms with Gasteiger partial charge in [0.25, 0.3) is 0 Å². The molecule has 0 radical (unpaired) electrons. The average molecular weight is 335 g/mol. The Morgan fingerprint density at radius 3 is 2.32 bits per heavy atom. The van der Waals surface area contributed by atoms with Gasteiger partial charge in [-0.3, -0.25) is 0 Å². The molecule has 0 spiro atoms. The topological polar surface area (TPSA) is 72.6 Å². The first-order chi connectivity index (χ1) is 12.1. The van der Waals surface area contributed by atoms with Gasteiger partial charge in [0.2, 0.25) is 0 Å². The molecule has 3 aromatic carbocycles. The summed E-state index contributed by atoms with van der Waals surface area (Å²) in [6.07, 6.45) is -1.01. The lowest BCUT2D eigenvalue weighted by Gasteiger charge is -2.24. The van der Waals surface area contributed by atoms with E-state index < -0.39 is 12.2 Å². The summed E-state index contributed by atoms with van der Waals surface area (Å²) in [5, 5.41) is 13.2. The molecule has 2 atom stereocenters. The second kappa shape index (κ2) is 7.81. The maximum atomic E-state index is 10.9. The summed E-state index contributed by atoms with van der Waals surface area (Å²) in [6, 6.07) is 23.7. The second-order valence-corrected chi connectivity index (χ2v) is 6.02. The smallest absolute Gasteiger partial charge is 0.404 e. The molecule has 0 aliphatic carbocycles. The average Bonchev–Trinajstić information content (AvgIpc) is 2.65. The molecule has 4 heteroatoms. The number of primary amides is 1. The van der Waals surface area contributed by atoms with Crippen molar-refractivity contribution in [1.29, 1.82) is 0 Å². The molecule has 0 aliphatic rings. The van der Waals surface area contributed by atoms with E-state index in [0.29, 0.717) is 6.42 Å². The van der Waals surface area contributed by atoms with Gasteiger partial charge in [-0.15, -0.1) is 0 Å². The lowest BCUT2D eigenvalue weighted by Crippen LogP contribution is -2.18. The summed E-state index contributed by atoms with van der Waals surface area (Å²) in [5.74, 6) is -0.202. The first kappa shape index (κ1) is 17.0. The maximum Gasteiger partial charge on any atom is 0.404 e. The molecule has 4 nitrogen and oxygen atoms in total. The number of fused-ring (bicyclic) bond motifs is 1. The molecule has 25 heavy (non-hydrogen) atoms. The van der Waals surface area contributed by atoms with Gasteiger partial charge >= 0.3 is 6.09 Å². The number of amides is 1. The van der Waals surface area contributed by atoms with Gasteiger partial charge in [0, 0.05) is 5.92 Å². The zero-order valence-electron chi connectivity index (χ0n) is 13.8. The predicted octanol–water partition coefficient (Wildman–Crippen LogP) is 4.14. The Morgan fingerprint density at radius 1 is 0.920 bits per heavy atom. The minimum Gasteiger partial charge on any atom is -0.450 e. The van der Waals surface area contributed by atoms with E-state index in [2.05, 4.69) is 12.1 Å². The largest absolute Gasteiger partial charge is 0.450 e. The molecule has 0 unspecified atom stereocenters. The Kier molecular flexibility index (Phi) is 5.31. The first-order valence-corrected chi connectivity index (χ1v) is 8.29. The summed E-state index contributed by atoms with van der Waals surface area (Å²) in [5.41, 5.74) is 6.89. The summed E-state index contributed by atoms with van der Waals surface area (Å²) in [6.45, 7) is 0.163. The Hall–Kier alpha value is -2.85. The molecular formula is C21H21NO3. The van der Waals surface area contributed by atoms with E-state index in [4.69, 9.17) is 10.5 Å². The van der Waals surface area contributed by atoms with E-state index in [9.17, 15) is 9.90 Å². The van der Waals surface area contributed by atoms with Gasteiger partial charge in [-0.1, -0.05) is 72.8 Å².